The molecule has 0 radical (unpaired) electrons. The summed E-state index contributed by atoms with van der Waals surface area (Å²) in [6, 6.07) is 0. The van der Waals surface area contributed by atoms with E-state index in [0.717, 1.165) is 13.0 Å². The minimum Gasteiger partial charge on any atom is -0.330 e. The Kier molecular flexibility index (Phi) is 6.00. The number of hydrogen-bond donors (Lipinski definition) is 1. The highest BCUT2D eigenvalue weighted by atomic mass is 32.2. The largest absolute Gasteiger partial charge is 0.330 e. The number of nitrogens with two attached hydrogens (primary N) is 1. The smallest absolute Gasteiger partial charge is 0.0363 e. The van der Waals surface area contributed by atoms with E-state index in [0.29, 0.717) is 5.92 Å². The summed E-state index contributed by atoms with van der Waals surface area (Å²) in [5, 5.41) is 0. The fourth-order valence-electron chi connectivity index (χ4n) is 1.30. The van der Waals surface area contributed by atoms with E-state index in [1.807, 2.05) is 23.5 Å². The Morgan fingerprint density at radius 2 is 2.15 bits per heavy atom. The van der Waals surface area contributed by atoms with Crippen LogP contribution in [0.2, 0.25) is 0 Å². The van der Waals surface area contributed by atoms with Crippen LogP contribution in [0.5, 0.6) is 0 Å². The van der Waals surface area contributed by atoms with Gasteiger partial charge in [0.15, 0.2) is 0 Å². The molecular weight excluding hydrogens is 198 g/mol. The lowest BCUT2D eigenvalue weighted by molar-refractivity contribution is 0.613. The number of rotatable bonds is 4. The van der Waals surface area contributed by atoms with Gasteiger partial charge in [-0.25, -0.2) is 0 Å². The monoisotopic (exact) mass is 217 g/mol. The van der Waals surface area contributed by atoms with Gasteiger partial charge in [-0.05, 0) is 43.2 Å². The van der Waals surface area contributed by atoms with E-state index in [9.17, 15) is 0 Å². The van der Waals surface area contributed by atoms with E-state index in [2.05, 4.69) is 13.0 Å². The Morgan fingerprint density at radius 3 is 2.77 bits per heavy atom. The molecule has 1 fully saturated rings. The van der Waals surface area contributed by atoms with Crippen molar-refractivity contribution in [2.75, 3.05) is 18.1 Å². The summed E-state index contributed by atoms with van der Waals surface area (Å²) in [7, 11) is 0. The Bertz CT molecular complexity index is 160. The minimum atomic E-state index is 0.705. The number of thioether (sulfide) groups is 2. The predicted octanol–water partition coefficient (Wildman–Crippen LogP) is 3.07. The topological polar surface area (TPSA) is 26.0 Å². The maximum atomic E-state index is 5.48. The van der Waals surface area contributed by atoms with Crippen molar-refractivity contribution >= 4 is 23.5 Å². The molecule has 0 aromatic rings. The first-order chi connectivity index (χ1) is 6.33. The molecule has 1 rings (SSSR count). The summed E-state index contributed by atoms with van der Waals surface area (Å²) >= 11 is 4.04. The van der Waals surface area contributed by atoms with Gasteiger partial charge in [0.1, 0.15) is 0 Å². The van der Waals surface area contributed by atoms with Crippen molar-refractivity contribution in [3.63, 3.8) is 0 Å². The third-order valence-electron chi connectivity index (χ3n) is 2.06. The van der Waals surface area contributed by atoms with Crippen LogP contribution in [0.15, 0.2) is 10.3 Å². The van der Waals surface area contributed by atoms with E-state index in [-0.39, 0.29) is 0 Å². The quantitative estimate of drug-likeness (QED) is 0.784. The molecule has 1 heterocycles. The highest BCUT2D eigenvalue weighted by Gasteiger charge is 2.07. The van der Waals surface area contributed by atoms with Crippen LogP contribution < -0.4 is 5.73 Å². The van der Waals surface area contributed by atoms with Gasteiger partial charge in [-0.15, -0.1) is 23.5 Å². The van der Waals surface area contributed by atoms with Crippen LogP contribution in [0.1, 0.15) is 26.2 Å². The molecule has 1 aliphatic rings. The first-order valence-electron chi connectivity index (χ1n) is 5.00. The summed E-state index contributed by atoms with van der Waals surface area (Å²) in [6.07, 6.45) is 6.18. The van der Waals surface area contributed by atoms with Crippen LogP contribution in [-0.4, -0.2) is 18.1 Å². The first kappa shape index (κ1) is 11.5. The third-order valence-corrected chi connectivity index (χ3v) is 4.60. The average Bonchev–Trinajstić information content (AvgIpc) is 2.16. The van der Waals surface area contributed by atoms with Gasteiger partial charge in [-0.2, -0.15) is 0 Å². The predicted molar refractivity (Wildman–Crippen MR) is 65.1 cm³/mol. The molecule has 1 nitrogen and oxygen atoms in total. The summed E-state index contributed by atoms with van der Waals surface area (Å²) in [4.78, 5) is 0. The van der Waals surface area contributed by atoms with Gasteiger partial charge in [-0.3, -0.25) is 0 Å². The second-order valence-electron chi connectivity index (χ2n) is 3.44. The molecule has 3 heteroatoms. The number of hydrogen-bond acceptors (Lipinski definition) is 3. The molecule has 1 aliphatic heterocycles. The third kappa shape index (κ3) is 4.99. The standard InChI is InChI=1S/C10H19NS2/c1-9(4-2-5-11)8-10-12-6-3-7-13-10/h8-9H,2-7,11H2,1H3. The van der Waals surface area contributed by atoms with Crippen molar-refractivity contribution in [3.05, 3.63) is 10.3 Å². The summed E-state index contributed by atoms with van der Waals surface area (Å²) in [5.41, 5.74) is 5.48. The van der Waals surface area contributed by atoms with Crippen molar-refractivity contribution in [2.24, 2.45) is 11.7 Å². The molecule has 0 aliphatic carbocycles. The van der Waals surface area contributed by atoms with Crippen LogP contribution >= 0.6 is 23.5 Å². The molecule has 13 heavy (non-hydrogen) atoms. The molecule has 2 N–H and O–H groups in total. The Hall–Kier alpha value is 0.400. The van der Waals surface area contributed by atoms with Crippen molar-refractivity contribution < 1.29 is 0 Å². The van der Waals surface area contributed by atoms with Gasteiger partial charge in [0, 0.05) is 4.24 Å². The van der Waals surface area contributed by atoms with E-state index in [1.54, 1.807) is 0 Å². The van der Waals surface area contributed by atoms with Crippen LogP contribution in [0, 0.1) is 5.92 Å². The fraction of sp³-hybridized carbons (Fsp3) is 0.800. The lowest BCUT2D eigenvalue weighted by Crippen LogP contribution is -2.02. The lowest BCUT2D eigenvalue weighted by atomic mass is 10.1. The molecule has 0 aromatic carbocycles. The van der Waals surface area contributed by atoms with Gasteiger partial charge in [0.25, 0.3) is 0 Å². The Balaban J connectivity index is 2.25. The van der Waals surface area contributed by atoms with Crippen LogP contribution in [-0.2, 0) is 0 Å². The zero-order valence-corrected chi connectivity index (χ0v) is 9.92. The van der Waals surface area contributed by atoms with Gasteiger partial charge < -0.3 is 5.73 Å². The number of allylic oxidation sites excluding steroid dienone is 1. The summed E-state index contributed by atoms with van der Waals surface area (Å²) in [5.74, 6) is 3.32. The zero-order chi connectivity index (χ0) is 9.52. The van der Waals surface area contributed by atoms with Gasteiger partial charge in [-0.1, -0.05) is 13.0 Å². The van der Waals surface area contributed by atoms with E-state index >= 15 is 0 Å². The molecule has 1 unspecified atom stereocenters. The van der Waals surface area contributed by atoms with Gasteiger partial charge >= 0.3 is 0 Å². The van der Waals surface area contributed by atoms with Crippen molar-refractivity contribution in [2.45, 2.75) is 26.2 Å². The lowest BCUT2D eigenvalue weighted by Gasteiger charge is -2.14. The van der Waals surface area contributed by atoms with Gasteiger partial charge in [0.2, 0.25) is 0 Å². The molecule has 1 atom stereocenters. The second-order valence-corrected chi connectivity index (χ2v) is 5.98. The fourth-order valence-corrected chi connectivity index (χ4v) is 3.95. The zero-order valence-electron chi connectivity index (χ0n) is 8.29. The molecule has 1 saturated heterocycles. The Morgan fingerprint density at radius 1 is 1.46 bits per heavy atom. The van der Waals surface area contributed by atoms with Crippen molar-refractivity contribution in [1.82, 2.24) is 0 Å². The minimum absolute atomic E-state index is 0.705. The summed E-state index contributed by atoms with van der Waals surface area (Å²) in [6.45, 7) is 3.12. The Labute approximate surface area is 89.9 Å². The maximum absolute atomic E-state index is 5.48. The van der Waals surface area contributed by atoms with E-state index < -0.39 is 0 Å². The SMILES string of the molecule is CC(C=C1SCCCS1)CCCN. The molecule has 0 amide bonds. The molecule has 0 aromatic heterocycles. The van der Waals surface area contributed by atoms with Crippen LogP contribution in [0.25, 0.3) is 0 Å². The average molecular weight is 217 g/mol. The highest BCUT2D eigenvalue weighted by molar-refractivity contribution is 8.22. The molecule has 0 bridgehead atoms. The molecular formula is C10H19NS2. The summed E-state index contributed by atoms with van der Waals surface area (Å²) < 4.78 is 1.54. The van der Waals surface area contributed by atoms with Crippen LogP contribution in [0.3, 0.4) is 0 Å². The maximum Gasteiger partial charge on any atom is 0.0363 e. The molecule has 76 valence electrons. The molecule has 0 saturated carbocycles. The van der Waals surface area contributed by atoms with E-state index in [4.69, 9.17) is 5.73 Å². The second kappa shape index (κ2) is 6.80. The van der Waals surface area contributed by atoms with Crippen molar-refractivity contribution in [1.29, 1.82) is 0 Å². The van der Waals surface area contributed by atoms with Crippen LogP contribution in [0.4, 0.5) is 0 Å². The normalized spacial score (nSPS) is 20.0. The molecule has 0 spiro atoms. The highest BCUT2D eigenvalue weighted by Crippen LogP contribution is 2.35. The van der Waals surface area contributed by atoms with Gasteiger partial charge in [0.05, 0.1) is 0 Å². The first-order valence-corrected chi connectivity index (χ1v) is 6.97. The van der Waals surface area contributed by atoms with Crippen molar-refractivity contribution in [3.8, 4) is 0 Å². The van der Waals surface area contributed by atoms with E-state index in [1.165, 1.54) is 28.6 Å².